The first-order valence-electron chi connectivity index (χ1n) is 6.54. The number of nitrogens with one attached hydrogen (secondary N) is 1. The zero-order valence-electron chi connectivity index (χ0n) is 11.4. The monoisotopic (exact) mass is 253 g/mol. The van der Waals surface area contributed by atoms with Crippen molar-refractivity contribution < 1.29 is 9.84 Å². The Labute approximate surface area is 108 Å². The predicted octanol–water partition coefficient (Wildman–Crippen LogP) is 1.63. The second-order valence-electron chi connectivity index (χ2n) is 5.88. The molecule has 1 aliphatic carbocycles. The fourth-order valence-electron chi connectivity index (χ4n) is 2.18. The Morgan fingerprint density at radius 2 is 2.22 bits per heavy atom. The number of aromatic nitrogens is 2. The molecule has 1 heterocycles. The van der Waals surface area contributed by atoms with Crippen LogP contribution in [0.15, 0.2) is 12.4 Å². The van der Waals surface area contributed by atoms with Crippen molar-refractivity contribution in [1.82, 2.24) is 9.78 Å². The first-order valence-corrected chi connectivity index (χ1v) is 6.54. The molecule has 2 rings (SSSR count). The molecule has 1 saturated carbocycles. The molecule has 0 amide bonds. The van der Waals surface area contributed by atoms with Gasteiger partial charge < -0.3 is 15.2 Å². The van der Waals surface area contributed by atoms with E-state index in [-0.39, 0.29) is 12.2 Å². The molecule has 0 atom stereocenters. The molecule has 0 spiro atoms. The molecule has 5 nitrogen and oxygen atoms in total. The van der Waals surface area contributed by atoms with Gasteiger partial charge in [0.2, 0.25) is 0 Å². The molecule has 0 aromatic carbocycles. The van der Waals surface area contributed by atoms with E-state index in [1.807, 2.05) is 6.20 Å². The highest BCUT2D eigenvalue weighted by atomic mass is 16.5. The highest BCUT2D eigenvalue weighted by molar-refractivity contribution is 5.40. The predicted molar refractivity (Wildman–Crippen MR) is 70.6 cm³/mol. The fraction of sp³-hybridized carbons (Fsp3) is 0.769. The minimum atomic E-state index is -0.0539. The largest absolute Gasteiger partial charge is 0.394 e. The summed E-state index contributed by atoms with van der Waals surface area (Å²) in [5, 5.41) is 16.4. The third kappa shape index (κ3) is 3.71. The van der Waals surface area contributed by atoms with Gasteiger partial charge in [-0.1, -0.05) is 0 Å². The number of hydrogen-bond donors (Lipinski definition) is 2. The first-order chi connectivity index (χ1) is 8.46. The van der Waals surface area contributed by atoms with Crippen LogP contribution in [0.25, 0.3) is 0 Å². The molecule has 1 aromatic rings. The first kappa shape index (κ1) is 13.4. The topological polar surface area (TPSA) is 59.3 Å². The van der Waals surface area contributed by atoms with E-state index in [9.17, 15) is 0 Å². The van der Waals surface area contributed by atoms with Crippen molar-refractivity contribution in [3.63, 3.8) is 0 Å². The van der Waals surface area contributed by atoms with Crippen molar-refractivity contribution >= 4 is 5.69 Å². The summed E-state index contributed by atoms with van der Waals surface area (Å²) in [7, 11) is 0. The van der Waals surface area contributed by atoms with Crippen LogP contribution < -0.4 is 5.32 Å². The highest BCUT2D eigenvalue weighted by Crippen LogP contribution is 2.29. The van der Waals surface area contributed by atoms with E-state index in [2.05, 4.69) is 31.2 Å². The van der Waals surface area contributed by atoms with Crippen molar-refractivity contribution in [2.75, 3.05) is 11.9 Å². The van der Waals surface area contributed by atoms with E-state index in [4.69, 9.17) is 9.84 Å². The third-order valence-corrected chi connectivity index (χ3v) is 2.95. The van der Waals surface area contributed by atoms with Crippen molar-refractivity contribution in [2.45, 2.75) is 57.9 Å². The lowest BCUT2D eigenvalue weighted by atomic mass is 9.88. The molecule has 102 valence electrons. The Bertz CT molecular complexity index is 378. The molecule has 1 aromatic heterocycles. The molecular formula is C13H23N3O2. The van der Waals surface area contributed by atoms with Crippen LogP contribution in [0.3, 0.4) is 0 Å². The van der Waals surface area contributed by atoms with Crippen LogP contribution in [0.2, 0.25) is 0 Å². The Hall–Kier alpha value is -1.07. The number of hydrogen-bond acceptors (Lipinski definition) is 4. The summed E-state index contributed by atoms with van der Waals surface area (Å²) in [6, 6.07) is 0.476. The molecule has 0 aliphatic heterocycles. The van der Waals surface area contributed by atoms with Gasteiger partial charge in [0.25, 0.3) is 0 Å². The summed E-state index contributed by atoms with van der Waals surface area (Å²) < 4.78 is 7.63. The quantitative estimate of drug-likeness (QED) is 0.837. The van der Waals surface area contributed by atoms with Crippen LogP contribution in [0.1, 0.15) is 33.6 Å². The Morgan fingerprint density at radius 1 is 1.50 bits per heavy atom. The lowest BCUT2D eigenvalue weighted by Crippen LogP contribution is -2.44. The Morgan fingerprint density at radius 3 is 2.83 bits per heavy atom. The highest BCUT2D eigenvalue weighted by Gasteiger charge is 2.32. The summed E-state index contributed by atoms with van der Waals surface area (Å²) in [6.45, 7) is 6.93. The van der Waals surface area contributed by atoms with E-state index < -0.39 is 0 Å². The van der Waals surface area contributed by atoms with Gasteiger partial charge in [-0.3, -0.25) is 4.68 Å². The molecule has 0 radical (unpaired) electrons. The van der Waals surface area contributed by atoms with Gasteiger partial charge in [-0.15, -0.1) is 0 Å². The zero-order chi connectivity index (χ0) is 13.2. The fourth-order valence-corrected chi connectivity index (χ4v) is 2.18. The maximum absolute atomic E-state index is 8.81. The van der Waals surface area contributed by atoms with Gasteiger partial charge in [-0.25, -0.2) is 0 Å². The van der Waals surface area contributed by atoms with Gasteiger partial charge in [-0.05, 0) is 33.6 Å². The molecule has 0 bridgehead atoms. The Balaban J connectivity index is 1.73. The standard InChI is InChI=1S/C13H23N3O2/c1-13(2,3)18-12-6-10(7-12)15-11-8-14-16(9-11)4-5-17/h8-10,12,15,17H,4-7H2,1-3H3. The molecule has 5 heteroatoms. The van der Waals surface area contributed by atoms with Gasteiger partial charge in [-0.2, -0.15) is 5.10 Å². The number of rotatable bonds is 5. The lowest BCUT2D eigenvalue weighted by Gasteiger charge is -2.39. The minimum Gasteiger partial charge on any atom is -0.394 e. The zero-order valence-corrected chi connectivity index (χ0v) is 11.4. The summed E-state index contributed by atoms with van der Waals surface area (Å²) in [4.78, 5) is 0. The Kier molecular flexibility index (Phi) is 3.92. The summed E-state index contributed by atoms with van der Waals surface area (Å²) in [5.74, 6) is 0. The number of ether oxygens (including phenoxy) is 1. The number of aliphatic hydroxyl groups is 1. The average Bonchev–Trinajstić information content (AvgIpc) is 2.61. The van der Waals surface area contributed by atoms with Crippen molar-refractivity contribution in [1.29, 1.82) is 0 Å². The third-order valence-electron chi connectivity index (χ3n) is 2.95. The van der Waals surface area contributed by atoms with Crippen LogP contribution in [0, 0.1) is 0 Å². The second-order valence-corrected chi connectivity index (χ2v) is 5.88. The summed E-state index contributed by atoms with van der Waals surface area (Å²) >= 11 is 0. The second kappa shape index (κ2) is 5.28. The van der Waals surface area contributed by atoms with Gasteiger partial charge in [0.1, 0.15) is 0 Å². The van der Waals surface area contributed by atoms with Gasteiger partial charge in [0.15, 0.2) is 0 Å². The molecule has 1 aliphatic rings. The number of anilines is 1. The van der Waals surface area contributed by atoms with Crippen LogP contribution in [-0.4, -0.2) is 39.2 Å². The van der Waals surface area contributed by atoms with Crippen LogP contribution in [0.5, 0.6) is 0 Å². The molecule has 18 heavy (non-hydrogen) atoms. The SMILES string of the molecule is CC(C)(C)OC1CC(Nc2cnn(CCO)c2)C1. The van der Waals surface area contributed by atoms with Gasteiger partial charge >= 0.3 is 0 Å². The van der Waals surface area contributed by atoms with E-state index in [1.165, 1.54) is 0 Å². The molecule has 1 fully saturated rings. The van der Waals surface area contributed by atoms with E-state index in [1.54, 1.807) is 10.9 Å². The molecular weight excluding hydrogens is 230 g/mol. The van der Waals surface area contributed by atoms with Crippen molar-refractivity contribution in [3.8, 4) is 0 Å². The van der Waals surface area contributed by atoms with Gasteiger partial charge in [0, 0.05) is 12.2 Å². The minimum absolute atomic E-state index is 0.0539. The summed E-state index contributed by atoms with van der Waals surface area (Å²) in [6.07, 6.45) is 6.18. The maximum atomic E-state index is 8.81. The summed E-state index contributed by atoms with van der Waals surface area (Å²) in [5.41, 5.74) is 0.962. The van der Waals surface area contributed by atoms with E-state index >= 15 is 0 Å². The number of nitrogens with zero attached hydrogens (tertiary/aromatic N) is 2. The average molecular weight is 253 g/mol. The lowest BCUT2D eigenvalue weighted by molar-refractivity contribution is -0.0953. The van der Waals surface area contributed by atoms with E-state index in [0.717, 1.165) is 18.5 Å². The van der Waals surface area contributed by atoms with Crippen LogP contribution in [-0.2, 0) is 11.3 Å². The normalized spacial score (nSPS) is 23.8. The molecule has 0 saturated heterocycles. The van der Waals surface area contributed by atoms with Gasteiger partial charge in [0.05, 0.1) is 36.7 Å². The van der Waals surface area contributed by atoms with Crippen LogP contribution >= 0.6 is 0 Å². The van der Waals surface area contributed by atoms with Crippen LogP contribution in [0.4, 0.5) is 5.69 Å². The smallest absolute Gasteiger partial charge is 0.0728 e. The molecule has 2 N–H and O–H groups in total. The van der Waals surface area contributed by atoms with Crippen molar-refractivity contribution in [2.24, 2.45) is 0 Å². The maximum Gasteiger partial charge on any atom is 0.0728 e. The number of aliphatic hydroxyl groups excluding tert-OH is 1. The van der Waals surface area contributed by atoms with Crippen molar-refractivity contribution in [3.05, 3.63) is 12.4 Å². The van der Waals surface area contributed by atoms with E-state index in [0.29, 0.717) is 18.7 Å². The molecule has 0 unspecified atom stereocenters.